The van der Waals surface area contributed by atoms with Crippen molar-refractivity contribution >= 4 is 55.6 Å². The molecule has 1 N–H and O–H groups in total. The van der Waals surface area contributed by atoms with Crippen molar-refractivity contribution in [2.24, 2.45) is 0 Å². The van der Waals surface area contributed by atoms with Crippen LogP contribution in [0.1, 0.15) is 38.2 Å². The minimum atomic E-state index is -0.743. The maximum atomic E-state index is 13.7. The summed E-state index contributed by atoms with van der Waals surface area (Å²) in [6.45, 7) is 5.90. The number of Topliss-reactive ketones (excluding diaryl/α,β-unsaturated/α-hetero) is 1. The third-order valence-electron chi connectivity index (χ3n) is 6.07. The highest BCUT2D eigenvalue weighted by Gasteiger charge is 2.46. The second-order valence-electron chi connectivity index (χ2n) is 8.20. The fourth-order valence-electron chi connectivity index (χ4n) is 4.15. The van der Waals surface area contributed by atoms with Crippen LogP contribution in [0.25, 0.3) is 11.0 Å². The summed E-state index contributed by atoms with van der Waals surface area (Å²) in [5.41, 5.74) is 4.27. The Morgan fingerprint density at radius 3 is 2.52 bits per heavy atom. The van der Waals surface area contributed by atoms with Crippen LogP contribution in [0.3, 0.4) is 0 Å². The van der Waals surface area contributed by atoms with Gasteiger partial charge in [-0.25, -0.2) is 0 Å². The molecule has 166 valence electrons. The molecule has 0 saturated carbocycles. The predicted octanol–water partition coefficient (Wildman–Crippen LogP) is 6.96. The Balaban J connectivity index is 1.67. The Labute approximate surface area is 203 Å². The van der Waals surface area contributed by atoms with Crippen LogP contribution in [0.4, 0.5) is 5.69 Å². The molecule has 0 radical (unpaired) electrons. The lowest BCUT2D eigenvalue weighted by Gasteiger charge is -2.27. The number of aliphatic hydroxyl groups excluding tert-OH is 1. The zero-order valence-electron chi connectivity index (χ0n) is 18.2. The van der Waals surface area contributed by atoms with Crippen molar-refractivity contribution in [3.05, 3.63) is 97.0 Å². The highest BCUT2D eigenvalue weighted by Crippen LogP contribution is 2.45. The summed E-state index contributed by atoms with van der Waals surface area (Å²) >= 11 is 4.88. The largest absolute Gasteiger partial charge is 0.503 e. The molecule has 5 nitrogen and oxygen atoms in total. The van der Waals surface area contributed by atoms with Gasteiger partial charge >= 0.3 is 0 Å². The Hall–Kier alpha value is -3.16. The molecular weight excluding hydrogens is 502 g/mol. The molecule has 1 amide bonds. The van der Waals surface area contributed by atoms with Crippen LogP contribution in [-0.4, -0.2) is 16.8 Å². The van der Waals surface area contributed by atoms with Gasteiger partial charge in [0.25, 0.3) is 5.91 Å². The SMILES string of the molecule is Cc1ccc(N2C(=O)C(O)=C(C(=O)c3cc4cc(Br)ccc4o3)C2c2sccc2C)cc1C. The van der Waals surface area contributed by atoms with Gasteiger partial charge in [-0.1, -0.05) is 22.0 Å². The van der Waals surface area contributed by atoms with Gasteiger partial charge in [0.05, 0.1) is 5.57 Å². The number of aliphatic hydroxyl groups is 1. The molecule has 1 unspecified atom stereocenters. The van der Waals surface area contributed by atoms with Crippen LogP contribution in [-0.2, 0) is 4.79 Å². The van der Waals surface area contributed by atoms with E-state index in [1.54, 1.807) is 12.1 Å². The summed E-state index contributed by atoms with van der Waals surface area (Å²) in [7, 11) is 0. The summed E-state index contributed by atoms with van der Waals surface area (Å²) in [5.74, 6) is -1.56. The first-order chi connectivity index (χ1) is 15.8. The van der Waals surface area contributed by atoms with Gasteiger partial charge in [0.1, 0.15) is 11.6 Å². The van der Waals surface area contributed by atoms with Gasteiger partial charge in [-0.15, -0.1) is 11.3 Å². The monoisotopic (exact) mass is 521 g/mol. The normalized spacial score (nSPS) is 16.3. The summed E-state index contributed by atoms with van der Waals surface area (Å²) in [6, 6.07) is 14.0. The average molecular weight is 522 g/mol. The number of hydrogen-bond donors (Lipinski definition) is 1. The Morgan fingerprint density at radius 2 is 1.82 bits per heavy atom. The fraction of sp³-hybridized carbons (Fsp3) is 0.154. The Bertz CT molecular complexity index is 1480. The number of hydrogen-bond acceptors (Lipinski definition) is 5. The number of furan rings is 1. The number of amides is 1. The van der Waals surface area contributed by atoms with E-state index in [1.807, 2.05) is 62.5 Å². The minimum Gasteiger partial charge on any atom is -0.503 e. The predicted molar refractivity (Wildman–Crippen MR) is 133 cm³/mol. The first-order valence-electron chi connectivity index (χ1n) is 10.4. The number of nitrogens with zero attached hydrogens (tertiary/aromatic N) is 1. The lowest BCUT2D eigenvalue weighted by atomic mass is 9.98. The molecule has 0 bridgehead atoms. The van der Waals surface area contributed by atoms with Crippen molar-refractivity contribution in [1.29, 1.82) is 0 Å². The van der Waals surface area contributed by atoms with Gasteiger partial charge < -0.3 is 9.52 Å². The fourth-order valence-corrected chi connectivity index (χ4v) is 5.55. The van der Waals surface area contributed by atoms with Crippen molar-refractivity contribution in [2.75, 3.05) is 4.90 Å². The maximum Gasteiger partial charge on any atom is 0.294 e. The van der Waals surface area contributed by atoms with Gasteiger partial charge in [-0.05, 0) is 85.3 Å². The molecule has 0 saturated heterocycles. The topological polar surface area (TPSA) is 70.8 Å². The molecule has 3 heterocycles. The van der Waals surface area contributed by atoms with E-state index in [1.165, 1.54) is 16.2 Å². The van der Waals surface area contributed by atoms with E-state index < -0.39 is 23.5 Å². The zero-order valence-corrected chi connectivity index (χ0v) is 20.6. The van der Waals surface area contributed by atoms with Gasteiger partial charge in [0.15, 0.2) is 11.5 Å². The third-order valence-corrected chi connectivity index (χ3v) is 7.64. The molecule has 7 heteroatoms. The highest BCUT2D eigenvalue weighted by atomic mass is 79.9. The van der Waals surface area contributed by atoms with E-state index in [2.05, 4.69) is 15.9 Å². The summed E-state index contributed by atoms with van der Waals surface area (Å²) < 4.78 is 6.67. The molecule has 2 aromatic heterocycles. The van der Waals surface area contributed by atoms with Crippen LogP contribution < -0.4 is 4.90 Å². The van der Waals surface area contributed by atoms with Crippen molar-refractivity contribution in [1.82, 2.24) is 0 Å². The summed E-state index contributed by atoms with van der Waals surface area (Å²) in [4.78, 5) is 29.3. The average Bonchev–Trinajstić information content (AvgIpc) is 3.46. The molecule has 4 aromatic rings. The van der Waals surface area contributed by atoms with Crippen LogP contribution in [0, 0.1) is 20.8 Å². The number of carbonyl (C=O) groups excluding carboxylic acids is 2. The lowest BCUT2D eigenvalue weighted by Crippen LogP contribution is -2.31. The van der Waals surface area contributed by atoms with Crippen molar-refractivity contribution < 1.29 is 19.1 Å². The van der Waals surface area contributed by atoms with Crippen LogP contribution in [0.15, 0.2) is 74.1 Å². The molecule has 2 aromatic carbocycles. The molecule has 33 heavy (non-hydrogen) atoms. The number of benzene rings is 2. The van der Waals surface area contributed by atoms with Crippen molar-refractivity contribution in [2.45, 2.75) is 26.8 Å². The number of aryl methyl sites for hydroxylation is 3. The van der Waals surface area contributed by atoms with Gasteiger partial charge in [0.2, 0.25) is 5.78 Å². The summed E-state index contributed by atoms with van der Waals surface area (Å²) in [6.07, 6.45) is 0. The number of carbonyl (C=O) groups is 2. The molecule has 1 aliphatic rings. The highest BCUT2D eigenvalue weighted by molar-refractivity contribution is 9.10. The number of halogens is 1. The van der Waals surface area contributed by atoms with Gasteiger partial charge in [0, 0.05) is 20.4 Å². The van der Waals surface area contributed by atoms with Crippen molar-refractivity contribution in [3.63, 3.8) is 0 Å². The molecule has 1 atom stereocenters. The maximum absolute atomic E-state index is 13.7. The second kappa shape index (κ2) is 8.01. The number of anilines is 1. The molecule has 0 aliphatic carbocycles. The standard InChI is InChI=1S/C26H20BrNO4S/c1-13-4-6-18(10-15(13)3)28-22(25-14(2)8-9-33-25)21(24(30)26(28)31)23(29)20-12-16-11-17(27)5-7-19(16)32-20/h4-12,22,30H,1-3H3. The Morgan fingerprint density at radius 1 is 1.03 bits per heavy atom. The first-order valence-corrected chi connectivity index (χ1v) is 12.0. The van der Waals surface area contributed by atoms with Crippen LogP contribution in [0.5, 0.6) is 0 Å². The molecule has 5 rings (SSSR count). The van der Waals surface area contributed by atoms with E-state index in [4.69, 9.17) is 4.42 Å². The molecule has 0 fully saturated rings. The molecule has 0 spiro atoms. The smallest absolute Gasteiger partial charge is 0.294 e. The molecule has 1 aliphatic heterocycles. The number of rotatable bonds is 4. The van der Waals surface area contributed by atoms with Crippen LogP contribution >= 0.6 is 27.3 Å². The minimum absolute atomic E-state index is 0.0295. The van der Waals surface area contributed by atoms with E-state index in [9.17, 15) is 14.7 Å². The van der Waals surface area contributed by atoms with E-state index in [0.717, 1.165) is 31.4 Å². The zero-order chi connectivity index (χ0) is 23.4. The number of thiophene rings is 1. The molecular formula is C26H20BrNO4S. The third kappa shape index (κ3) is 3.52. The number of fused-ring (bicyclic) bond motifs is 1. The van der Waals surface area contributed by atoms with Crippen LogP contribution in [0.2, 0.25) is 0 Å². The van der Waals surface area contributed by atoms with E-state index in [-0.39, 0.29) is 11.3 Å². The second-order valence-corrected chi connectivity index (χ2v) is 10.1. The summed E-state index contributed by atoms with van der Waals surface area (Å²) in [5, 5.41) is 13.6. The van der Waals surface area contributed by atoms with Crippen molar-refractivity contribution in [3.8, 4) is 0 Å². The van der Waals surface area contributed by atoms with E-state index >= 15 is 0 Å². The number of ketones is 1. The lowest BCUT2D eigenvalue weighted by molar-refractivity contribution is -0.117. The van der Waals surface area contributed by atoms with Gasteiger partial charge in [-0.3, -0.25) is 14.5 Å². The quantitative estimate of drug-likeness (QED) is 0.294. The Kier molecular flexibility index (Phi) is 5.26. The first kappa shape index (κ1) is 21.7. The van der Waals surface area contributed by atoms with Gasteiger partial charge in [-0.2, -0.15) is 0 Å². The van der Waals surface area contributed by atoms with E-state index in [0.29, 0.717) is 11.3 Å².